The second kappa shape index (κ2) is 12.0. The number of benzene rings is 2. The highest BCUT2D eigenvalue weighted by Crippen LogP contribution is 2.34. The molecule has 1 N–H and O–H groups in total. The quantitative estimate of drug-likeness (QED) is 0.592. The summed E-state index contributed by atoms with van der Waals surface area (Å²) in [6, 6.07) is 12.9. The molecule has 0 bridgehead atoms. The number of para-hydroxylation sites is 1. The van der Waals surface area contributed by atoms with E-state index in [9.17, 15) is 9.59 Å². The topological polar surface area (TPSA) is 86.3 Å². The Bertz CT molecular complexity index is 934. The van der Waals surface area contributed by atoms with Crippen molar-refractivity contribution in [1.82, 2.24) is 10.2 Å². The van der Waals surface area contributed by atoms with Crippen molar-refractivity contribution >= 4 is 11.8 Å². The van der Waals surface area contributed by atoms with Crippen LogP contribution >= 0.6 is 0 Å². The lowest BCUT2D eigenvalue weighted by Crippen LogP contribution is -2.45. The molecule has 8 heteroatoms. The first kappa shape index (κ1) is 24.2. The lowest BCUT2D eigenvalue weighted by atomic mass is 9.96. The molecule has 1 heterocycles. The van der Waals surface area contributed by atoms with Crippen LogP contribution in [0.3, 0.4) is 0 Å². The van der Waals surface area contributed by atoms with Gasteiger partial charge in [-0.25, -0.2) is 0 Å². The Morgan fingerprint density at radius 1 is 1.00 bits per heavy atom. The third-order valence-corrected chi connectivity index (χ3v) is 5.71. The summed E-state index contributed by atoms with van der Waals surface area (Å²) in [6.45, 7) is 1.68. The van der Waals surface area contributed by atoms with E-state index in [0.29, 0.717) is 36.9 Å². The third kappa shape index (κ3) is 6.54. The van der Waals surface area contributed by atoms with Gasteiger partial charge in [0.25, 0.3) is 0 Å². The van der Waals surface area contributed by atoms with E-state index in [2.05, 4.69) is 5.32 Å². The first-order chi connectivity index (χ1) is 16.0. The largest absolute Gasteiger partial charge is 0.496 e. The molecule has 1 saturated heterocycles. The maximum absolute atomic E-state index is 12.8. The summed E-state index contributed by atoms with van der Waals surface area (Å²) >= 11 is 0. The monoisotopic (exact) mass is 456 g/mol. The molecule has 2 amide bonds. The number of hydrogen-bond donors (Lipinski definition) is 1. The maximum Gasteiger partial charge on any atom is 0.226 e. The molecular formula is C25H32N2O6. The minimum Gasteiger partial charge on any atom is -0.496 e. The molecule has 1 aliphatic heterocycles. The summed E-state index contributed by atoms with van der Waals surface area (Å²) in [6.07, 6.45) is 1.83. The van der Waals surface area contributed by atoms with Gasteiger partial charge in [-0.05, 0) is 31.0 Å². The Labute approximate surface area is 194 Å². The second-order valence-corrected chi connectivity index (χ2v) is 7.83. The van der Waals surface area contributed by atoms with E-state index in [0.717, 1.165) is 24.2 Å². The van der Waals surface area contributed by atoms with Crippen LogP contribution in [0.15, 0.2) is 42.5 Å². The van der Waals surface area contributed by atoms with Crippen molar-refractivity contribution in [1.29, 1.82) is 0 Å². The molecule has 1 atom stereocenters. The van der Waals surface area contributed by atoms with Crippen molar-refractivity contribution in [2.45, 2.75) is 25.8 Å². The van der Waals surface area contributed by atoms with Gasteiger partial charge in [0.1, 0.15) is 11.5 Å². The number of piperidine rings is 1. The standard InChI is InChI=1S/C25H32N2O6/c1-30-21-15-23(32-3)22(31-2)14-19(21)16-26-25(29)18-8-7-12-27(17-18)24(28)11-13-33-20-9-5-4-6-10-20/h4-6,9-10,14-15,18H,7-8,11-13,16-17H2,1-3H3,(H,26,29). The van der Waals surface area contributed by atoms with E-state index < -0.39 is 0 Å². The number of rotatable bonds is 10. The van der Waals surface area contributed by atoms with Crippen molar-refractivity contribution in [2.24, 2.45) is 5.92 Å². The lowest BCUT2D eigenvalue weighted by molar-refractivity contribution is -0.136. The van der Waals surface area contributed by atoms with Crippen LogP contribution in [0.2, 0.25) is 0 Å². The van der Waals surface area contributed by atoms with Crippen molar-refractivity contribution in [3.63, 3.8) is 0 Å². The molecule has 2 aromatic carbocycles. The Morgan fingerprint density at radius 2 is 1.70 bits per heavy atom. The number of nitrogens with one attached hydrogen (secondary N) is 1. The highest BCUT2D eigenvalue weighted by molar-refractivity contribution is 5.81. The average Bonchev–Trinajstić information content (AvgIpc) is 2.87. The minimum atomic E-state index is -0.246. The fourth-order valence-electron chi connectivity index (χ4n) is 3.91. The van der Waals surface area contributed by atoms with Crippen molar-refractivity contribution < 1.29 is 28.5 Å². The molecule has 0 aliphatic carbocycles. The van der Waals surface area contributed by atoms with Crippen LogP contribution in [0.4, 0.5) is 0 Å². The molecule has 2 aromatic rings. The van der Waals surface area contributed by atoms with Crippen LogP contribution in [-0.4, -0.2) is 57.7 Å². The van der Waals surface area contributed by atoms with Crippen LogP contribution in [0.1, 0.15) is 24.8 Å². The van der Waals surface area contributed by atoms with E-state index in [1.54, 1.807) is 38.4 Å². The number of ether oxygens (including phenoxy) is 4. The van der Waals surface area contributed by atoms with E-state index in [1.165, 1.54) is 0 Å². The highest BCUT2D eigenvalue weighted by Gasteiger charge is 2.28. The third-order valence-electron chi connectivity index (χ3n) is 5.71. The predicted octanol–water partition coefficient (Wildman–Crippen LogP) is 3.04. The Balaban J connectivity index is 1.51. The summed E-state index contributed by atoms with van der Waals surface area (Å²) < 4.78 is 21.7. The molecule has 0 aromatic heterocycles. The molecular weight excluding hydrogens is 424 g/mol. The zero-order chi connectivity index (χ0) is 23.6. The van der Waals surface area contributed by atoms with Gasteiger partial charge in [-0.2, -0.15) is 0 Å². The first-order valence-corrected chi connectivity index (χ1v) is 11.1. The second-order valence-electron chi connectivity index (χ2n) is 7.83. The van der Waals surface area contributed by atoms with Gasteiger partial charge in [-0.3, -0.25) is 9.59 Å². The highest BCUT2D eigenvalue weighted by atomic mass is 16.5. The summed E-state index contributed by atoms with van der Waals surface area (Å²) in [5.74, 6) is 2.15. The van der Waals surface area contributed by atoms with Gasteiger partial charge in [0.15, 0.2) is 11.5 Å². The zero-order valence-electron chi connectivity index (χ0n) is 19.5. The number of likely N-dealkylation sites (tertiary alicyclic amines) is 1. The number of amides is 2. The summed E-state index contributed by atoms with van der Waals surface area (Å²) in [7, 11) is 4.69. The van der Waals surface area contributed by atoms with Gasteiger partial charge in [-0.15, -0.1) is 0 Å². The SMILES string of the molecule is COc1cc(OC)c(OC)cc1CNC(=O)C1CCCN(C(=O)CCOc2ccccc2)C1. The summed E-state index contributed by atoms with van der Waals surface area (Å²) in [4.78, 5) is 27.2. The Kier molecular flexibility index (Phi) is 8.80. The Hall–Kier alpha value is -3.42. The van der Waals surface area contributed by atoms with E-state index >= 15 is 0 Å². The molecule has 178 valence electrons. The van der Waals surface area contributed by atoms with Gasteiger partial charge in [-0.1, -0.05) is 18.2 Å². The van der Waals surface area contributed by atoms with Crippen molar-refractivity contribution in [2.75, 3.05) is 41.0 Å². The van der Waals surface area contributed by atoms with E-state index in [-0.39, 0.29) is 30.7 Å². The van der Waals surface area contributed by atoms with E-state index in [4.69, 9.17) is 18.9 Å². The van der Waals surface area contributed by atoms with Crippen LogP contribution in [0.5, 0.6) is 23.0 Å². The number of nitrogens with zero attached hydrogens (tertiary/aromatic N) is 1. The van der Waals surface area contributed by atoms with Gasteiger partial charge in [0.2, 0.25) is 11.8 Å². The van der Waals surface area contributed by atoms with E-state index in [1.807, 2.05) is 30.3 Å². The zero-order valence-corrected chi connectivity index (χ0v) is 19.5. The smallest absolute Gasteiger partial charge is 0.226 e. The first-order valence-electron chi connectivity index (χ1n) is 11.1. The molecule has 33 heavy (non-hydrogen) atoms. The normalized spacial score (nSPS) is 15.5. The molecule has 8 nitrogen and oxygen atoms in total. The van der Waals surface area contributed by atoms with Crippen LogP contribution in [0.25, 0.3) is 0 Å². The van der Waals surface area contributed by atoms with Gasteiger partial charge >= 0.3 is 0 Å². The lowest BCUT2D eigenvalue weighted by Gasteiger charge is -2.32. The summed E-state index contributed by atoms with van der Waals surface area (Å²) in [5, 5.41) is 2.98. The maximum atomic E-state index is 12.8. The number of hydrogen-bond acceptors (Lipinski definition) is 6. The van der Waals surface area contributed by atoms with Crippen LogP contribution in [-0.2, 0) is 16.1 Å². The van der Waals surface area contributed by atoms with Crippen molar-refractivity contribution in [3.8, 4) is 23.0 Å². The molecule has 0 radical (unpaired) electrons. The molecule has 1 aliphatic rings. The average molecular weight is 457 g/mol. The van der Waals surface area contributed by atoms with Crippen molar-refractivity contribution in [3.05, 3.63) is 48.0 Å². The van der Waals surface area contributed by atoms with Gasteiger partial charge in [0.05, 0.1) is 40.3 Å². The van der Waals surface area contributed by atoms with Gasteiger partial charge < -0.3 is 29.2 Å². The Morgan fingerprint density at radius 3 is 2.39 bits per heavy atom. The fourth-order valence-corrected chi connectivity index (χ4v) is 3.91. The summed E-state index contributed by atoms with van der Waals surface area (Å²) in [5.41, 5.74) is 0.783. The number of methoxy groups -OCH3 is 3. The molecule has 0 saturated carbocycles. The van der Waals surface area contributed by atoms with Gasteiger partial charge in [0, 0.05) is 31.3 Å². The minimum absolute atomic E-state index is 0.00462. The number of carbonyl (C=O) groups is 2. The fraction of sp³-hybridized carbons (Fsp3) is 0.440. The number of carbonyl (C=O) groups excluding carboxylic acids is 2. The predicted molar refractivity (Wildman–Crippen MR) is 124 cm³/mol. The molecule has 1 unspecified atom stereocenters. The van der Waals surface area contributed by atoms with Crippen LogP contribution < -0.4 is 24.3 Å². The molecule has 1 fully saturated rings. The molecule has 3 rings (SSSR count). The van der Waals surface area contributed by atoms with Crippen LogP contribution in [0, 0.1) is 5.92 Å². The molecule has 0 spiro atoms.